The van der Waals surface area contributed by atoms with E-state index in [4.69, 9.17) is 4.42 Å². The van der Waals surface area contributed by atoms with Gasteiger partial charge >= 0.3 is 0 Å². The minimum absolute atomic E-state index is 0.126. The summed E-state index contributed by atoms with van der Waals surface area (Å²) in [6.45, 7) is 2.21. The molecule has 0 saturated heterocycles. The number of nitrogens with zero attached hydrogens (tertiary/aromatic N) is 2. The number of furan rings is 1. The first kappa shape index (κ1) is 14.1. The molecule has 22 heavy (non-hydrogen) atoms. The molecule has 1 N–H and O–H groups in total. The summed E-state index contributed by atoms with van der Waals surface area (Å²) in [6, 6.07) is 9.67. The Balaban J connectivity index is 1.71. The molecule has 2 heterocycles. The topological polar surface area (TPSA) is 60.1 Å². The molecule has 0 atom stereocenters. The average molecular weight is 299 g/mol. The predicted octanol–water partition coefficient (Wildman–Crippen LogP) is 3.22. The maximum Gasteiger partial charge on any atom is 0.291 e. The van der Waals surface area contributed by atoms with Crippen LogP contribution in [0.15, 0.2) is 53.2 Å². The van der Waals surface area contributed by atoms with Crippen LogP contribution in [0.3, 0.4) is 0 Å². The van der Waals surface area contributed by atoms with Crippen LogP contribution in [0, 0.1) is 12.7 Å². The summed E-state index contributed by atoms with van der Waals surface area (Å²) in [5.74, 6) is -0.244. The van der Waals surface area contributed by atoms with Crippen LogP contribution < -0.4 is 5.32 Å². The molecule has 1 aromatic carbocycles. The number of halogens is 1. The van der Waals surface area contributed by atoms with E-state index >= 15 is 0 Å². The molecule has 1 amide bonds. The molecule has 3 rings (SSSR count). The van der Waals surface area contributed by atoms with Crippen molar-refractivity contribution in [2.24, 2.45) is 0 Å². The summed E-state index contributed by atoms with van der Waals surface area (Å²) < 4.78 is 20.9. The number of rotatable bonds is 4. The summed E-state index contributed by atoms with van der Waals surface area (Å²) >= 11 is 0. The van der Waals surface area contributed by atoms with Gasteiger partial charge in [-0.2, -0.15) is 5.10 Å². The summed E-state index contributed by atoms with van der Waals surface area (Å²) in [7, 11) is 0. The highest BCUT2D eigenvalue weighted by Crippen LogP contribution is 2.17. The number of aromatic nitrogens is 2. The second-order valence-corrected chi connectivity index (χ2v) is 4.91. The van der Waals surface area contributed by atoms with Gasteiger partial charge < -0.3 is 9.73 Å². The molecule has 0 radical (unpaired) electrons. The van der Waals surface area contributed by atoms with Gasteiger partial charge in [-0.3, -0.25) is 9.48 Å². The first-order valence-corrected chi connectivity index (χ1v) is 6.75. The number of aryl methyl sites for hydroxylation is 1. The molecule has 0 aliphatic rings. The SMILES string of the molecule is Cc1ccc(NC(=O)c2ccc(Cn3cccn3)o2)c(F)c1. The summed E-state index contributed by atoms with van der Waals surface area (Å²) in [4.78, 5) is 12.1. The third kappa shape index (κ3) is 3.06. The van der Waals surface area contributed by atoms with Gasteiger partial charge in [0.05, 0.1) is 12.2 Å². The Labute approximate surface area is 126 Å². The zero-order valence-electron chi connectivity index (χ0n) is 11.9. The lowest BCUT2D eigenvalue weighted by Gasteiger charge is -2.05. The summed E-state index contributed by atoms with van der Waals surface area (Å²) in [5, 5.41) is 6.56. The first-order chi connectivity index (χ1) is 10.6. The average Bonchev–Trinajstić information content (AvgIpc) is 3.14. The van der Waals surface area contributed by atoms with Crippen molar-refractivity contribution in [1.82, 2.24) is 9.78 Å². The van der Waals surface area contributed by atoms with Crippen LogP contribution in [0.5, 0.6) is 0 Å². The number of amides is 1. The largest absolute Gasteiger partial charge is 0.454 e. The van der Waals surface area contributed by atoms with E-state index in [0.717, 1.165) is 5.56 Å². The Bertz CT molecular complexity index is 794. The normalized spacial score (nSPS) is 10.6. The van der Waals surface area contributed by atoms with E-state index in [9.17, 15) is 9.18 Å². The first-order valence-electron chi connectivity index (χ1n) is 6.75. The maximum atomic E-state index is 13.7. The Morgan fingerprint density at radius 2 is 2.23 bits per heavy atom. The van der Waals surface area contributed by atoms with Crippen LogP contribution in [-0.4, -0.2) is 15.7 Å². The maximum absolute atomic E-state index is 13.7. The Morgan fingerprint density at radius 1 is 1.36 bits per heavy atom. The van der Waals surface area contributed by atoms with Gasteiger partial charge in [-0.15, -0.1) is 0 Å². The van der Waals surface area contributed by atoms with Crippen LogP contribution in [0.25, 0.3) is 0 Å². The molecule has 112 valence electrons. The third-order valence-corrected chi connectivity index (χ3v) is 3.14. The molecule has 3 aromatic rings. The number of benzene rings is 1. The van der Waals surface area contributed by atoms with Crippen molar-refractivity contribution in [3.05, 3.63) is 71.7 Å². The second kappa shape index (κ2) is 5.85. The molecule has 0 saturated carbocycles. The molecule has 5 nitrogen and oxygen atoms in total. The lowest BCUT2D eigenvalue weighted by atomic mass is 10.2. The highest BCUT2D eigenvalue weighted by Gasteiger charge is 2.13. The van der Waals surface area contributed by atoms with Crippen LogP contribution in [0.4, 0.5) is 10.1 Å². The van der Waals surface area contributed by atoms with E-state index < -0.39 is 11.7 Å². The van der Waals surface area contributed by atoms with Crippen molar-refractivity contribution in [3.63, 3.8) is 0 Å². The van der Waals surface area contributed by atoms with Gasteiger partial charge in [0.25, 0.3) is 5.91 Å². The standard InChI is InChI=1S/C16H14FN3O2/c1-11-3-5-14(13(17)9-11)19-16(21)15-6-4-12(22-15)10-20-8-2-7-18-20/h2-9H,10H2,1H3,(H,19,21). The zero-order valence-corrected chi connectivity index (χ0v) is 11.9. The van der Waals surface area contributed by atoms with Crippen molar-refractivity contribution in [1.29, 1.82) is 0 Å². The van der Waals surface area contributed by atoms with E-state index in [1.165, 1.54) is 12.1 Å². The number of nitrogens with one attached hydrogen (secondary N) is 1. The fraction of sp³-hybridized carbons (Fsp3) is 0.125. The van der Waals surface area contributed by atoms with E-state index in [1.807, 2.05) is 0 Å². The van der Waals surface area contributed by atoms with E-state index in [2.05, 4.69) is 10.4 Å². The monoisotopic (exact) mass is 299 g/mol. The van der Waals surface area contributed by atoms with E-state index in [1.54, 1.807) is 48.3 Å². The van der Waals surface area contributed by atoms with Crippen molar-refractivity contribution < 1.29 is 13.6 Å². The molecule has 2 aromatic heterocycles. The Hall–Kier alpha value is -2.89. The summed E-state index contributed by atoms with van der Waals surface area (Å²) in [5.41, 5.74) is 0.913. The van der Waals surface area contributed by atoms with Gasteiger partial charge in [0.1, 0.15) is 11.6 Å². The number of hydrogen-bond donors (Lipinski definition) is 1. The van der Waals surface area contributed by atoms with Crippen LogP contribution >= 0.6 is 0 Å². The van der Waals surface area contributed by atoms with Crippen molar-refractivity contribution in [2.75, 3.05) is 5.32 Å². The molecule has 6 heteroatoms. The number of hydrogen-bond acceptors (Lipinski definition) is 3. The Morgan fingerprint density at radius 3 is 2.95 bits per heavy atom. The lowest BCUT2D eigenvalue weighted by molar-refractivity contribution is 0.0994. The van der Waals surface area contributed by atoms with Gasteiger partial charge in [0, 0.05) is 12.4 Å². The summed E-state index contributed by atoms with van der Waals surface area (Å²) in [6.07, 6.45) is 3.46. The zero-order chi connectivity index (χ0) is 15.5. The van der Waals surface area contributed by atoms with Crippen LogP contribution in [-0.2, 0) is 6.54 Å². The number of carbonyl (C=O) groups excluding carboxylic acids is 1. The third-order valence-electron chi connectivity index (χ3n) is 3.14. The number of anilines is 1. The molecule has 0 unspecified atom stereocenters. The fourth-order valence-electron chi connectivity index (χ4n) is 2.04. The van der Waals surface area contributed by atoms with Gasteiger partial charge in [-0.1, -0.05) is 6.07 Å². The highest BCUT2D eigenvalue weighted by atomic mass is 19.1. The van der Waals surface area contributed by atoms with E-state index in [-0.39, 0.29) is 11.4 Å². The van der Waals surface area contributed by atoms with E-state index in [0.29, 0.717) is 12.3 Å². The molecular formula is C16H14FN3O2. The van der Waals surface area contributed by atoms with Crippen LogP contribution in [0.2, 0.25) is 0 Å². The van der Waals surface area contributed by atoms with Gasteiger partial charge in [0.15, 0.2) is 5.76 Å². The van der Waals surface area contributed by atoms with Crippen molar-refractivity contribution in [2.45, 2.75) is 13.5 Å². The molecule has 0 bridgehead atoms. The minimum atomic E-state index is -0.491. The van der Waals surface area contributed by atoms with Gasteiger partial charge in [-0.05, 0) is 42.8 Å². The lowest BCUT2D eigenvalue weighted by Crippen LogP contribution is -2.12. The molecule has 0 fully saturated rings. The fourth-order valence-corrected chi connectivity index (χ4v) is 2.04. The molecule has 0 aliphatic heterocycles. The van der Waals surface area contributed by atoms with Gasteiger partial charge in [0.2, 0.25) is 0 Å². The number of carbonyl (C=O) groups is 1. The highest BCUT2D eigenvalue weighted by molar-refractivity contribution is 6.02. The van der Waals surface area contributed by atoms with Crippen molar-refractivity contribution >= 4 is 11.6 Å². The molecule has 0 aliphatic carbocycles. The van der Waals surface area contributed by atoms with Gasteiger partial charge in [-0.25, -0.2) is 4.39 Å². The van der Waals surface area contributed by atoms with Crippen molar-refractivity contribution in [3.8, 4) is 0 Å². The predicted molar refractivity (Wildman–Crippen MR) is 79.1 cm³/mol. The second-order valence-electron chi connectivity index (χ2n) is 4.91. The smallest absolute Gasteiger partial charge is 0.291 e. The molecular weight excluding hydrogens is 285 g/mol. The molecule has 0 spiro atoms. The van der Waals surface area contributed by atoms with Crippen LogP contribution in [0.1, 0.15) is 21.9 Å². The Kier molecular flexibility index (Phi) is 3.74. The minimum Gasteiger partial charge on any atom is -0.454 e. The quantitative estimate of drug-likeness (QED) is 0.804.